The lowest BCUT2D eigenvalue weighted by atomic mass is 10.2. The number of hydrogen-bond donors (Lipinski definition) is 2. The highest BCUT2D eigenvalue weighted by Crippen LogP contribution is 2.31. The molecule has 12 heteroatoms. The van der Waals surface area contributed by atoms with Gasteiger partial charge < -0.3 is 20.5 Å². The van der Waals surface area contributed by atoms with Crippen molar-refractivity contribution in [2.45, 2.75) is 17.9 Å². The number of amides is 2. The molecule has 1 atom stereocenters. The summed E-state index contributed by atoms with van der Waals surface area (Å²) in [7, 11) is -0.796. The highest BCUT2D eigenvalue weighted by molar-refractivity contribution is 7.89. The second kappa shape index (κ2) is 9.86. The smallest absolute Gasteiger partial charge is 0.251 e. The van der Waals surface area contributed by atoms with Gasteiger partial charge in [0.15, 0.2) is 11.5 Å². The summed E-state index contributed by atoms with van der Waals surface area (Å²) in [6.45, 7) is 2.98. The Kier molecular flexibility index (Phi) is 7.39. The van der Waals surface area contributed by atoms with Crippen molar-refractivity contribution in [2.24, 2.45) is 5.73 Å². The Labute approximate surface area is 190 Å². The standard InChI is InChI=1S/C20H26N4O6S2/c1-13(19(26)22-20-15(18(21)25)6-11-31-20)23-7-9-24(10-8-23)32(27,28)14-4-5-16(29-2)17(12-14)30-3/h4-6,11-13H,7-10H2,1-3H3,(H2,21,25)(H,22,26). The van der Waals surface area contributed by atoms with E-state index in [9.17, 15) is 18.0 Å². The van der Waals surface area contributed by atoms with Gasteiger partial charge in [-0.3, -0.25) is 14.5 Å². The van der Waals surface area contributed by atoms with Gasteiger partial charge in [-0.2, -0.15) is 4.31 Å². The van der Waals surface area contributed by atoms with E-state index in [0.717, 1.165) is 0 Å². The lowest BCUT2D eigenvalue weighted by molar-refractivity contribution is -0.121. The van der Waals surface area contributed by atoms with Gasteiger partial charge in [-0.15, -0.1) is 11.3 Å². The first-order valence-corrected chi connectivity index (χ1v) is 12.2. The van der Waals surface area contributed by atoms with Crippen molar-refractivity contribution in [3.8, 4) is 11.5 Å². The Hall–Kier alpha value is -2.67. The first kappa shape index (κ1) is 24.0. The monoisotopic (exact) mass is 482 g/mol. The van der Waals surface area contributed by atoms with Crippen LogP contribution in [0.15, 0.2) is 34.5 Å². The van der Waals surface area contributed by atoms with Crippen LogP contribution in [0.4, 0.5) is 5.00 Å². The van der Waals surface area contributed by atoms with Gasteiger partial charge in [0.25, 0.3) is 5.91 Å². The topological polar surface area (TPSA) is 131 Å². The molecule has 1 aromatic heterocycles. The number of carbonyl (C=O) groups is 2. The number of rotatable bonds is 8. The summed E-state index contributed by atoms with van der Waals surface area (Å²) in [5.41, 5.74) is 5.59. The van der Waals surface area contributed by atoms with E-state index < -0.39 is 22.0 Å². The number of benzene rings is 1. The second-order valence-electron chi connectivity index (χ2n) is 7.15. The number of ether oxygens (including phenoxy) is 2. The minimum Gasteiger partial charge on any atom is -0.493 e. The molecule has 0 bridgehead atoms. The van der Waals surface area contributed by atoms with E-state index in [0.29, 0.717) is 29.6 Å². The normalized spacial score (nSPS) is 16.3. The second-order valence-corrected chi connectivity index (χ2v) is 10.0. The highest BCUT2D eigenvalue weighted by Gasteiger charge is 2.32. The zero-order valence-electron chi connectivity index (χ0n) is 18.0. The molecule has 0 aliphatic carbocycles. The maximum absolute atomic E-state index is 13.1. The summed E-state index contributed by atoms with van der Waals surface area (Å²) in [5, 5.41) is 4.82. The number of hydrogen-bond acceptors (Lipinski definition) is 8. The maximum Gasteiger partial charge on any atom is 0.251 e. The van der Waals surface area contributed by atoms with Gasteiger partial charge in [0.1, 0.15) is 5.00 Å². The van der Waals surface area contributed by atoms with Gasteiger partial charge in [-0.05, 0) is 30.5 Å². The number of methoxy groups -OCH3 is 2. The molecule has 2 amide bonds. The summed E-state index contributed by atoms with van der Waals surface area (Å²) in [4.78, 5) is 26.1. The predicted octanol–water partition coefficient (Wildman–Crippen LogP) is 1.20. The van der Waals surface area contributed by atoms with Crippen molar-refractivity contribution < 1.29 is 27.5 Å². The highest BCUT2D eigenvalue weighted by atomic mass is 32.2. The fraction of sp³-hybridized carbons (Fsp3) is 0.400. The summed E-state index contributed by atoms with van der Waals surface area (Å²) in [6, 6.07) is 5.53. The van der Waals surface area contributed by atoms with E-state index in [-0.39, 0.29) is 29.5 Å². The number of primary amides is 1. The molecule has 3 N–H and O–H groups in total. The average Bonchev–Trinajstić information content (AvgIpc) is 3.26. The third kappa shape index (κ3) is 4.88. The van der Waals surface area contributed by atoms with Gasteiger partial charge in [0.05, 0.1) is 30.7 Å². The minimum absolute atomic E-state index is 0.117. The molecule has 0 saturated carbocycles. The van der Waals surface area contributed by atoms with Crippen molar-refractivity contribution in [2.75, 3.05) is 45.7 Å². The average molecular weight is 483 g/mol. The molecule has 0 radical (unpaired) electrons. The van der Waals surface area contributed by atoms with E-state index >= 15 is 0 Å². The van der Waals surface area contributed by atoms with Crippen LogP contribution in [-0.2, 0) is 14.8 Å². The largest absolute Gasteiger partial charge is 0.493 e. The van der Waals surface area contributed by atoms with Crippen LogP contribution in [0.3, 0.4) is 0 Å². The fourth-order valence-electron chi connectivity index (χ4n) is 3.44. The lowest BCUT2D eigenvalue weighted by Crippen LogP contribution is -2.53. The van der Waals surface area contributed by atoms with E-state index in [1.807, 2.05) is 4.90 Å². The van der Waals surface area contributed by atoms with Crippen LogP contribution in [0.1, 0.15) is 17.3 Å². The van der Waals surface area contributed by atoms with E-state index in [2.05, 4.69) is 5.32 Å². The number of thiophene rings is 1. The molecule has 1 fully saturated rings. The Morgan fingerprint density at radius 2 is 1.75 bits per heavy atom. The number of nitrogens with zero attached hydrogens (tertiary/aromatic N) is 2. The molecule has 10 nitrogen and oxygen atoms in total. The number of carbonyl (C=O) groups excluding carboxylic acids is 2. The van der Waals surface area contributed by atoms with Crippen LogP contribution in [-0.4, -0.2) is 75.9 Å². The van der Waals surface area contributed by atoms with Crippen LogP contribution in [0.2, 0.25) is 0 Å². The Bertz CT molecular complexity index is 1090. The van der Waals surface area contributed by atoms with E-state index in [1.54, 1.807) is 24.4 Å². The van der Waals surface area contributed by atoms with Gasteiger partial charge in [0.2, 0.25) is 15.9 Å². The third-order valence-electron chi connectivity index (χ3n) is 5.36. The van der Waals surface area contributed by atoms with Gasteiger partial charge in [-0.25, -0.2) is 8.42 Å². The van der Waals surface area contributed by atoms with Crippen molar-refractivity contribution >= 4 is 38.2 Å². The molecule has 1 unspecified atom stereocenters. The van der Waals surface area contributed by atoms with Crippen molar-refractivity contribution in [1.82, 2.24) is 9.21 Å². The van der Waals surface area contributed by atoms with Crippen LogP contribution >= 0.6 is 11.3 Å². The molecule has 2 heterocycles. The van der Waals surface area contributed by atoms with Crippen molar-refractivity contribution in [3.05, 3.63) is 35.2 Å². The first-order valence-electron chi connectivity index (χ1n) is 9.83. The van der Waals surface area contributed by atoms with Gasteiger partial charge in [-0.1, -0.05) is 0 Å². The summed E-state index contributed by atoms with van der Waals surface area (Å²) >= 11 is 1.22. The Morgan fingerprint density at radius 3 is 2.34 bits per heavy atom. The molecular formula is C20H26N4O6S2. The number of piperazine rings is 1. The molecule has 174 valence electrons. The Morgan fingerprint density at radius 1 is 1.09 bits per heavy atom. The molecule has 32 heavy (non-hydrogen) atoms. The summed E-state index contributed by atoms with van der Waals surface area (Å²) in [6.07, 6.45) is 0. The molecule has 1 aliphatic rings. The van der Waals surface area contributed by atoms with Crippen LogP contribution in [0.5, 0.6) is 11.5 Å². The zero-order chi connectivity index (χ0) is 23.5. The third-order valence-corrected chi connectivity index (χ3v) is 8.09. The van der Waals surface area contributed by atoms with Crippen LogP contribution in [0, 0.1) is 0 Å². The minimum atomic E-state index is -3.72. The van der Waals surface area contributed by atoms with Gasteiger partial charge in [0, 0.05) is 32.2 Å². The molecular weight excluding hydrogens is 456 g/mol. The quantitative estimate of drug-likeness (QED) is 0.578. The molecule has 1 saturated heterocycles. The summed E-state index contributed by atoms with van der Waals surface area (Å²) < 4.78 is 37.9. The van der Waals surface area contributed by atoms with Crippen LogP contribution < -0.4 is 20.5 Å². The molecule has 3 rings (SSSR count). The van der Waals surface area contributed by atoms with E-state index in [4.69, 9.17) is 15.2 Å². The number of nitrogens with one attached hydrogen (secondary N) is 1. The molecule has 2 aromatic rings. The van der Waals surface area contributed by atoms with Gasteiger partial charge >= 0.3 is 0 Å². The number of sulfonamides is 1. The zero-order valence-corrected chi connectivity index (χ0v) is 19.7. The van der Waals surface area contributed by atoms with E-state index in [1.165, 1.54) is 42.0 Å². The molecule has 1 aromatic carbocycles. The maximum atomic E-state index is 13.1. The van der Waals surface area contributed by atoms with Crippen LogP contribution in [0.25, 0.3) is 0 Å². The van der Waals surface area contributed by atoms with Crippen molar-refractivity contribution in [3.63, 3.8) is 0 Å². The molecule has 0 spiro atoms. The lowest BCUT2D eigenvalue weighted by Gasteiger charge is -2.36. The first-order chi connectivity index (χ1) is 15.2. The number of nitrogens with two attached hydrogens (primary N) is 1. The Balaban J connectivity index is 1.64. The summed E-state index contributed by atoms with van der Waals surface area (Å²) in [5.74, 6) is -0.114. The van der Waals surface area contributed by atoms with Crippen molar-refractivity contribution in [1.29, 1.82) is 0 Å². The SMILES string of the molecule is COc1ccc(S(=O)(=O)N2CCN(C(C)C(=O)Nc3sccc3C(N)=O)CC2)cc1OC. The number of anilines is 1. The predicted molar refractivity (Wildman–Crippen MR) is 121 cm³/mol. The molecule has 1 aliphatic heterocycles. The fourth-order valence-corrected chi connectivity index (χ4v) is 5.67.